The quantitative estimate of drug-likeness (QED) is 0.506. The molecular weight excluding hydrogens is 358 g/mol. The number of pyridine rings is 1. The molecule has 0 radical (unpaired) electrons. The van der Waals surface area contributed by atoms with Crippen LogP contribution in [0.3, 0.4) is 0 Å². The maximum atomic E-state index is 6.51. The summed E-state index contributed by atoms with van der Waals surface area (Å²) in [6.45, 7) is 10.8. The van der Waals surface area contributed by atoms with E-state index in [1.165, 1.54) is 11.3 Å². The molecule has 0 fully saturated rings. The fraction of sp³-hybridized carbons (Fsp3) is 0.409. The molecule has 0 amide bonds. The molecule has 0 unspecified atom stereocenters. The summed E-state index contributed by atoms with van der Waals surface area (Å²) in [6.07, 6.45) is 4.47. The maximum absolute atomic E-state index is 6.51. The average molecular weight is 386 g/mol. The van der Waals surface area contributed by atoms with Gasteiger partial charge in [-0.3, -0.25) is 0 Å². The third-order valence-corrected chi connectivity index (χ3v) is 5.22. The van der Waals surface area contributed by atoms with Gasteiger partial charge in [0.2, 0.25) is 0 Å². The van der Waals surface area contributed by atoms with E-state index in [0.717, 1.165) is 54.3 Å². The number of halogens is 1. The summed E-state index contributed by atoms with van der Waals surface area (Å²) < 4.78 is 7.46. The summed E-state index contributed by atoms with van der Waals surface area (Å²) in [7, 11) is 1.64. The van der Waals surface area contributed by atoms with Crippen LogP contribution >= 0.6 is 11.6 Å². The van der Waals surface area contributed by atoms with Crippen molar-refractivity contribution < 1.29 is 4.74 Å². The zero-order chi connectivity index (χ0) is 19.6. The first-order chi connectivity index (χ1) is 13.0. The Morgan fingerprint density at radius 3 is 2.41 bits per heavy atom. The Labute approximate surface area is 166 Å². The lowest BCUT2D eigenvalue weighted by Gasteiger charge is -2.24. The monoisotopic (exact) mass is 385 g/mol. The summed E-state index contributed by atoms with van der Waals surface area (Å²) >= 11 is 6.51. The lowest BCUT2D eigenvalue weighted by molar-refractivity contribution is 0.415. The average Bonchev–Trinajstić information content (AvgIpc) is 2.98. The molecule has 0 spiro atoms. The first kappa shape index (κ1) is 19.6. The molecule has 3 aromatic rings. The topological polar surface area (TPSA) is 29.8 Å². The van der Waals surface area contributed by atoms with Crippen molar-refractivity contribution in [2.24, 2.45) is 0 Å². The molecule has 5 heteroatoms. The minimum atomic E-state index is 0.650. The number of methoxy groups -OCH3 is 1. The number of anilines is 1. The van der Waals surface area contributed by atoms with E-state index in [1.807, 2.05) is 18.2 Å². The van der Waals surface area contributed by atoms with E-state index in [2.05, 4.69) is 49.3 Å². The molecule has 0 atom stereocenters. The fourth-order valence-electron chi connectivity index (χ4n) is 3.56. The number of rotatable bonds is 7. The molecule has 0 aliphatic carbocycles. The van der Waals surface area contributed by atoms with Crippen LogP contribution in [-0.2, 0) is 0 Å². The van der Waals surface area contributed by atoms with E-state index < -0.39 is 0 Å². The molecule has 0 saturated heterocycles. The molecule has 0 bridgehead atoms. The number of imidazole rings is 1. The molecule has 0 N–H and O–H groups in total. The zero-order valence-electron chi connectivity index (χ0n) is 16.8. The van der Waals surface area contributed by atoms with E-state index >= 15 is 0 Å². The highest BCUT2D eigenvalue weighted by molar-refractivity contribution is 6.33. The van der Waals surface area contributed by atoms with Crippen LogP contribution in [0.4, 0.5) is 5.69 Å². The third-order valence-electron chi connectivity index (χ3n) is 4.91. The summed E-state index contributed by atoms with van der Waals surface area (Å²) in [5.41, 5.74) is 6.33. The first-order valence-corrected chi connectivity index (χ1v) is 9.96. The van der Waals surface area contributed by atoms with Crippen LogP contribution in [0, 0.1) is 13.8 Å². The number of aryl methyl sites for hydroxylation is 2. The summed E-state index contributed by atoms with van der Waals surface area (Å²) in [5, 5.41) is 0.650. The minimum absolute atomic E-state index is 0.650. The molecule has 2 aromatic heterocycles. The molecule has 4 nitrogen and oxygen atoms in total. The van der Waals surface area contributed by atoms with Gasteiger partial charge in [-0.05, 0) is 56.5 Å². The fourth-order valence-corrected chi connectivity index (χ4v) is 3.82. The van der Waals surface area contributed by atoms with Gasteiger partial charge in [0.1, 0.15) is 11.4 Å². The normalized spacial score (nSPS) is 11.2. The second kappa shape index (κ2) is 8.22. The smallest absolute Gasteiger partial charge is 0.140 e. The van der Waals surface area contributed by atoms with Crippen molar-refractivity contribution in [2.45, 2.75) is 40.5 Å². The molecule has 27 heavy (non-hydrogen) atoms. The van der Waals surface area contributed by atoms with Crippen molar-refractivity contribution >= 4 is 22.9 Å². The molecular formula is C22H28ClN3O. The van der Waals surface area contributed by atoms with Gasteiger partial charge >= 0.3 is 0 Å². The molecule has 0 aliphatic rings. The lowest BCUT2D eigenvalue weighted by Crippen LogP contribution is -2.25. The standard InChI is InChI=1S/C22H28ClN3O/c1-6-10-25(11-7-2)17-12-15(3)22-24-21(16(4)26(22)14-17)19-9-8-18(27-5)13-20(19)23/h8-9,12-14H,6-7,10-11H2,1-5H3. The Hall–Kier alpha value is -2.20. The van der Waals surface area contributed by atoms with Gasteiger partial charge in [-0.1, -0.05) is 25.4 Å². The maximum Gasteiger partial charge on any atom is 0.140 e. The Morgan fingerprint density at radius 2 is 1.81 bits per heavy atom. The van der Waals surface area contributed by atoms with Crippen LogP contribution in [0.25, 0.3) is 16.9 Å². The molecule has 144 valence electrons. The summed E-state index contributed by atoms with van der Waals surface area (Å²) in [4.78, 5) is 7.36. The van der Waals surface area contributed by atoms with Gasteiger partial charge in [0.15, 0.2) is 0 Å². The number of benzene rings is 1. The van der Waals surface area contributed by atoms with Gasteiger partial charge in [0.25, 0.3) is 0 Å². The SMILES string of the molecule is CCCN(CCC)c1cc(C)c2nc(-c3ccc(OC)cc3Cl)c(C)n2c1. The number of nitrogens with zero attached hydrogens (tertiary/aromatic N) is 3. The third kappa shape index (κ3) is 3.77. The summed E-state index contributed by atoms with van der Waals surface area (Å²) in [6, 6.07) is 7.98. The Balaban J connectivity index is 2.13. The summed E-state index contributed by atoms with van der Waals surface area (Å²) in [5.74, 6) is 0.749. The number of hydrogen-bond donors (Lipinski definition) is 0. The lowest BCUT2D eigenvalue weighted by atomic mass is 10.1. The Morgan fingerprint density at radius 1 is 1.11 bits per heavy atom. The van der Waals surface area contributed by atoms with Gasteiger partial charge in [-0.2, -0.15) is 0 Å². The Bertz CT molecular complexity index is 942. The van der Waals surface area contributed by atoms with Crippen LogP contribution in [0.1, 0.15) is 37.9 Å². The van der Waals surface area contributed by atoms with Gasteiger partial charge in [0, 0.05) is 30.5 Å². The van der Waals surface area contributed by atoms with Crippen LogP contribution in [0.2, 0.25) is 5.02 Å². The number of hydrogen-bond acceptors (Lipinski definition) is 3. The van der Waals surface area contributed by atoms with E-state index in [-0.39, 0.29) is 0 Å². The zero-order valence-corrected chi connectivity index (χ0v) is 17.6. The van der Waals surface area contributed by atoms with Crippen LogP contribution in [0.5, 0.6) is 5.75 Å². The van der Waals surface area contributed by atoms with Gasteiger partial charge in [0.05, 0.1) is 23.5 Å². The van der Waals surface area contributed by atoms with Gasteiger partial charge < -0.3 is 14.0 Å². The van der Waals surface area contributed by atoms with Crippen molar-refractivity contribution in [2.75, 3.05) is 25.1 Å². The van der Waals surface area contributed by atoms with Gasteiger partial charge in [-0.25, -0.2) is 4.98 Å². The molecule has 0 aliphatic heterocycles. The van der Waals surface area contributed by atoms with Crippen LogP contribution in [0.15, 0.2) is 30.5 Å². The van der Waals surface area contributed by atoms with Crippen molar-refractivity contribution in [3.63, 3.8) is 0 Å². The van der Waals surface area contributed by atoms with Crippen molar-refractivity contribution in [1.29, 1.82) is 0 Å². The highest BCUT2D eigenvalue weighted by Crippen LogP contribution is 2.34. The highest BCUT2D eigenvalue weighted by Gasteiger charge is 2.17. The highest BCUT2D eigenvalue weighted by atomic mass is 35.5. The van der Waals surface area contributed by atoms with Crippen molar-refractivity contribution in [3.8, 4) is 17.0 Å². The van der Waals surface area contributed by atoms with E-state index in [4.69, 9.17) is 21.3 Å². The predicted molar refractivity (Wildman–Crippen MR) is 114 cm³/mol. The van der Waals surface area contributed by atoms with Gasteiger partial charge in [-0.15, -0.1) is 0 Å². The van der Waals surface area contributed by atoms with Crippen molar-refractivity contribution in [1.82, 2.24) is 9.38 Å². The molecule has 0 saturated carbocycles. The first-order valence-electron chi connectivity index (χ1n) is 9.58. The number of fused-ring (bicyclic) bond motifs is 1. The Kier molecular flexibility index (Phi) is 5.95. The van der Waals surface area contributed by atoms with Crippen LogP contribution < -0.4 is 9.64 Å². The van der Waals surface area contributed by atoms with E-state index in [0.29, 0.717) is 5.02 Å². The van der Waals surface area contributed by atoms with Crippen LogP contribution in [-0.4, -0.2) is 29.6 Å². The largest absolute Gasteiger partial charge is 0.497 e. The minimum Gasteiger partial charge on any atom is -0.497 e. The number of aromatic nitrogens is 2. The van der Waals surface area contributed by atoms with E-state index in [1.54, 1.807) is 7.11 Å². The molecule has 1 aromatic carbocycles. The second-order valence-electron chi connectivity index (χ2n) is 6.95. The predicted octanol–water partition coefficient (Wildman–Crippen LogP) is 5.91. The van der Waals surface area contributed by atoms with E-state index in [9.17, 15) is 0 Å². The molecule has 3 rings (SSSR count). The molecule has 2 heterocycles. The number of ether oxygens (including phenoxy) is 1. The second-order valence-corrected chi connectivity index (χ2v) is 7.36. The van der Waals surface area contributed by atoms with Crippen molar-refractivity contribution in [3.05, 3.63) is 46.7 Å².